The van der Waals surface area contributed by atoms with Crippen LogP contribution in [0.25, 0.3) is 21.8 Å². The second kappa shape index (κ2) is 9.27. The second-order valence-electron chi connectivity index (χ2n) is 7.20. The fourth-order valence-electron chi connectivity index (χ4n) is 3.71. The van der Waals surface area contributed by atoms with Crippen molar-refractivity contribution in [1.29, 1.82) is 0 Å². The highest BCUT2D eigenvalue weighted by Gasteiger charge is 2.13. The van der Waals surface area contributed by atoms with E-state index in [1.165, 1.54) is 0 Å². The molecule has 0 aliphatic heterocycles. The predicted molar refractivity (Wildman–Crippen MR) is 125 cm³/mol. The summed E-state index contributed by atoms with van der Waals surface area (Å²) in [5.74, 6) is 3.34. The van der Waals surface area contributed by atoms with E-state index in [0.717, 1.165) is 16.6 Å². The van der Waals surface area contributed by atoms with Crippen molar-refractivity contribution in [2.75, 3.05) is 13.7 Å². The summed E-state index contributed by atoms with van der Waals surface area (Å²) in [6.07, 6.45) is 5.27. The van der Waals surface area contributed by atoms with E-state index in [4.69, 9.17) is 15.9 Å². The van der Waals surface area contributed by atoms with E-state index in [1.807, 2.05) is 47.0 Å². The maximum absolute atomic E-state index is 12.8. The highest BCUT2D eigenvalue weighted by atomic mass is 16.5. The standard InChI is InChI=1S/C26H22N2O4/c1-3-14-32-24-15-18(12-13-23(24)31-2)16-27-25(29)17-28-21-10-6-4-8-19(21)26(30)20-9-5-7-11-22(20)28/h1,4-13,15H,14,16-17H2,2H3,(H,27,29). The first-order chi connectivity index (χ1) is 15.6. The number of methoxy groups -OCH3 is 1. The highest BCUT2D eigenvalue weighted by molar-refractivity contribution is 5.94. The highest BCUT2D eigenvalue weighted by Crippen LogP contribution is 2.28. The molecule has 0 bridgehead atoms. The summed E-state index contributed by atoms with van der Waals surface area (Å²) in [6.45, 7) is 0.516. The number of benzene rings is 3. The topological polar surface area (TPSA) is 69.6 Å². The lowest BCUT2D eigenvalue weighted by molar-refractivity contribution is -0.121. The van der Waals surface area contributed by atoms with Gasteiger partial charge < -0.3 is 19.4 Å². The first kappa shape index (κ1) is 21.0. The Balaban J connectivity index is 1.58. The minimum Gasteiger partial charge on any atom is -0.493 e. The van der Waals surface area contributed by atoms with E-state index in [-0.39, 0.29) is 24.5 Å². The molecule has 0 atom stereocenters. The van der Waals surface area contributed by atoms with Gasteiger partial charge in [-0.2, -0.15) is 0 Å². The summed E-state index contributed by atoms with van der Waals surface area (Å²) in [6, 6.07) is 20.1. The monoisotopic (exact) mass is 426 g/mol. The van der Waals surface area contributed by atoms with Crippen LogP contribution in [0.3, 0.4) is 0 Å². The molecule has 0 spiro atoms. The van der Waals surface area contributed by atoms with Crippen molar-refractivity contribution in [2.45, 2.75) is 13.1 Å². The van der Waals surface area contributed by atoms with Crippen LogP contribution in [0.5, 0.6) is 11.5 Å². The quantitative estimate of drug-likeness (QED) is 0.363. The molecule has 0 aliphatic rings. The fraction of sp³-hybridized carbons (Fsp3) is 0.154. The molecule has 0 saturated heterocycles. The molecule has 4 aromatic rings. The number of nitrogens with one attached hydrogen (secondary N) is 1. The van der Waals surface area contributed by atoms with Gasteiger partial charge in [0.2, 0.25) is 5.91 Å². The first-order valence-corrected chi connectivity index (χ1v) is 10.1. The van der Waals surface area contributed by atoms with Crippen LogP contribution < -0.4 is 20.2 Å². The van der Waals surface area contributed by atoms with Crippen LogP contribution in [0.1, 0.15) is 5.56 Å². The van der Waals surface area contributed by atoms with E-state index < -0.39 is 0 Å². The molecule has 32 heavy (non-hydrogen) atoms. The molecule has 3 aromatic carbocycles. The van der Waals surface area contributed by atoms with E-state index in [1.54, 1.807) is 31.4 Å². The minimum absolute atomic E-state index is 0.0365. The molecule has 6 nitrogen and oxygen atoms in total. The predicted octanol–water partition coefficient (Wildman–Crippen LogP) is 3.49. The van der Waals surface area contributed by atoms with Gasteiger partial charge in [-0.25, -0.2) is 0 Å². The molecule has 0 radical (unpaired) electrons. The van der Waals surface area contributed by atoms with Crippen molar-refractivity contribution < 1.29 is 14.3 Å². The Morgan fingerprint density at radius 3 is 2.28 bits per heavy atom. The maximum Gasteiger partial charge on any atom is 0.240 e. The van der Waals surface area contributed by atoms with Crippen LogP contribution >= 0.6 is 0 Å². The Hall–Kier alpha value is -4.24. The lowest BCUT2D eigenvalue weighted by Gasteiger charge is -2.15. The third kappa shape index (κ3) is 4.14. The summed E-state index contributed by atoms with van der Waals surface area (Å²) in [4.78, 5) is 25.7. The Morgan fingerprint density at radius 1 is 1.00 bits per heavy atom. The van der Waals surface area contributed by atoms with Gasteiger partial charge in [0, 0.05) is 17.3 Å². The van der Waals surface area contributed by atoms with Gasteiger partial charge in [-0.05, 0) is 42.0 Å². The number of hydrogen-bond donors (Lipinski definition) is 1. The molecule has 0 saturated carbocycles. The Bertz CT molecular complexity index is 1340. The largest absolute Gasteiger partial charge is 0.493 e. The van der Waals surface area contributed by atoms with Gasteiger partial charge in [-0.1, -0.05) is 36.3 Å². The molecule has 1 amide bonds. The molecule has 0 fully saturated rings. The van der Waals surface area contributed by atoms with Crippen molar-refractivity contribution in [3.05, 3.63) is 82.5 Å². The van der Waals surface area contributed by atoms with Crippen LogP contribution in [-0.4, -0.2) is 24.2 Å². The Kier molecular flexibility index (Phi) is 6.09. The molecular formula is C26H22N2O4. The van der Waals surface area contributed by atoms with Gasteiger partial charge in [-0.3, -0.25) is 9.59 Å². The number of amides is 1. The first-order valence-electron chi connectivity index (χ1n) is 10.1. The van der Waals surface area contributed by atoms with Crippen LogP contribution in [0.4, 0.5) is 0 Å². The number of rotatable bonds is 7. The van der Waals surface area contributed by atoms with Crippen molar-refractivity contribution in [3.8, 4) is 23.8 Å². The molecule has 1 N–H and O–H groups in total. The third-order valence-corrected chi connectivity index (χ3v) is 5.21. The molecule has 1 aromatic heterocycles. The van der Waals surface area contributed by atoms with Gasteiger partial charge in [0.15, 0.2) is 16.9 Å². The number of aromatic nitrogens is 1. The van der Waals surface area contributed by atoms with Crippen LogP contribution in [0.2, 0.25) is 0 Å². The minimum atomic E-state index is -0.175. The number of carbonyl (C=O) groups excluding carboxylic acids is 1. The number of carbonyl (C=O) groups is 1. The summed E-state index contributed by atoms with van der Waals surface area (Å²) in [7, 11) is 1.55. The molecule has 0 unspecified atom stereocenters. The average molecular weight is 426 g/mol. The van der Waals surface area contributed by atoms with Gasteiger partial charge >= 0.3 is 0 Å². The summed E-state index contributed by atoms with van der Waals surface area (Å²) < 4.78 is 12.7. The average Bonchev–Trinajstić information content (AvgIpc) is 2.84. The Morgan fingerprint density at radius 2 is 1.66 bits per heavy atom. The van der Waals surface area contributed by atoms with Gasteiger partial charge in [0.1, 0.15) is 13.2 Å². The van der Waals surface area contributed by atoms with Gasteiger partial charge in [0.25, 0.3) is 0 Å². The number of terminal acetylenes is 1. The van der Waals surface area contributed by atoms with Crippen molar-refractivity contribution in [1.82, 2.24) is 9.88 Å². The molecular weight excluding hydrogens is 404 g/mol. The normalized spacial score (nSPS) is 10.6. The SMILES string of the molecule is C#CCOc1cc(CNC(=O)Cn2c3ccccc3c(=O)c3ccccc32)ccc1OC. The van der Waals surface area contributed by atoms with Crippen molar-refractivity contribution in [2.24, 2.45) is 0 Å². The lowest BCUT2D eigenvalue weighted by atomic mass is 10.1. The summed E-state index contributed by atoms with van der Waals surface area (Å²) in [5.41, 5.74) is 2.26. The van der Waals surface area contributed by atoms with Crippen LogP contribution in [0, 0.1) is 12.3 Å². The van der Waals surface area contributed by atoms with E-state index >= 15 is 0 Å². The molecule has 1 heterocycles. The molecule has 6 heteroatoms. The van der Waals surface area contributed by atoms with E-state index in [9.17, 15) is 9.59 Å². The number of nitrogens with zero attached hydrogens (tertiary/aromatic N) is 1. The molecule has 4 rings (SSSR count). The molecule has 0 aliphatic carbocycles. The van der Waals surface area contributed by atoms with Crippen LogP contribution in [-0.2, 0) is 17.9 Å². The summed E-state index contributed by atoms with van der Waals surface area (Å²) >= 11 is 0. The number of hydrogen-bond acceptors (Lipinski definition) is 4. The van der Waals surface area contributed by atoms with Gasteiger partial charge in [0.05, 0.1) is 18.1 Å². The maximum atomic E-state index is 12.8. The number of ether oxygens (including phenoxy) is 2. The zero-order chi connectivity index (χ0) is 22.5. The summed E-state index contributed by atoms with van der Waals surface area (Å²) in [5, 5.41) is 4.11. The van der Waals surface area contributed by atoms with Crippen LogP contribution in [0.15, 0.2) is 71.5 Å². The van der Waals surface area contributed by atoms with Gasteiger partial charge in [-0.15, -0.1) is 6.42 Å². The van der Waals surface area contributed by atoms with Crippen molar-refractivity contribution in [3.63, 3.8) is 0 Å². The Labute approximate surface area is 185 Å². The lowest BCUT2D eigenvalue weighted by Crippen LogP contribution is -2.28. The third-order valence-electron chi connectivity index (χ3n) is 5.21. The van der Waals surface area contributed by atoms with Crippen molar-refractivity contribution >= 4 is 27.7 Å². The zero-order valence-electron chi connectivity index (χ0n) is 17.6. The smallest absolute Gasteiger partial charge is 0.240 e. The molecule has 160 valence electrons. The number of fused-ring (bicyclic) bond motifs is 2. The number of para-hydroxylation sites is 2. The second-order valence-corrected chi connectivity index (χ2v) is 7.20. The van der Waals surface area contributed by atoms with E-state index in [2.05, 4.69) is 11.2 Å². The van der Waals surface area contributed by atoms with E-state index in [0.29, 0.717) is 28.8 Å². The fourth-order valence-corrected chi connectivity index (χ4v) is 3.71. The number of pyridine rings is 1. The zero-order valence-corrected chi connectivity index (χ0v) is 17.6.